The van der Waals surface area contributed by atoms with Crippen LogP contribution >= 0.6 is 0 Å². The van der Waals surface area contributed by atoms with E-state index in [1.54, 1.807) is 0 Å². The molecular weight excluding hydrogens is 104 g/mol. The zero-order valence-corrected chi connectivity index (χ0v) is 4.89. The molecule has 0 atom stereocenters. The van der Waals surface area contributed by atoms with Gasteiger partial charge in [0.1, 0.15) is 0 Å². The lowest BCUT2D eigenvalue weighted by atomic mass is 10.3. The molecule has 0 aromatic heterocycles. The number of carbonyl (C=O) groups excluding carboxylic acids is 1. The van der Waals surface area contributed by atoms with Crippen molar-refractivity contribution < 1.29 is 9.53 Å². The summed E-state index contributed by atoms with van der Waals surface area (Å²) in [5.41, 5.74) is 0. The number of methoxy groups -OCH3 is 1. The molecule has 0 saturated heterocycles. The first-order chi connectivity index (χ1) is 3.81. The van der Waals surface area contributed by atoms with E-state index in [-0.39, 0.29) is 5.97 Å². The van der Waals surface area contributed by atoms with Crippen LogP contribution in [0.3, 0.4) is 0 Å². The third-order valence-corrected chi connectivity index (χ3v) is 0.743. The van der Waals surface area contributed by atoms with Gasteiger partial charge in [-0.15, -0.1) is 0 Å². The number of esters is 1. The van der Waals surface area contributed by atoms with Crippen molar-refractivity contribution in [3.05, 3.63) is 12.7 Å². The summed E-state index contributed by atoms with van der Waals surface area (Å²) in [5.74, 6) is -0.216. The van der Waals surface area contributed by atoms with Gasteiger partial charge in [0.2, 0.25) is 0 Å². The molecule has 0 N–H and O–H groups in total. The quantitative estimate of drug-likeness (QED) is 0.509. The largest absolute Gasteiger partial charge is 0.469 e. The molecule has 0 fully saturated rings. The molecule has 45 valence electrons. The number of carbonyl (C=O) groups is 1. The molecule has 2 nitrogen and oxygen atoms in total. The lowest BCUT2D eigenvalue weighted by Crippen LogP contribution is -1.97. The molecule has 0 aliphatic heterocycles. The van der Waals surface area contributed by atoms with Gasteiger partial charge in [0, 0.05) is 6.42 Å². The number of allylic oxidation sites excluding steroid dienone is 1. The van der Waals surface area contributed by atoms with Crippen molar-refractivity contribution in [1.29, 1.82) is 0 Å². The van der Waals surface area contributed by atoms with E-state index in [0.717, 1.165) is 0 Å². The van der Waals surface area contributed by atoms with Gasteiger partial charge >= 0.3 is 5.97 Å². The predicted molar refractivity (Wildman–Crippen MR) is 30.1 cm³/mol. The van der Waals surface area contributed by atoms with E-state index in [0.29, 0.717) is 12.8 Å². The minimum Gasteiger partial charge on any atom is -0.469 e. The van der Waals surface area contributed by atoms with Gasteiger partial charge < -0.3 is 4.74 Å². The highest BCUT2D eigenvalue weighted by Crippen LogP contribution is 1.89. The van der Waals surface area contributed by atoms with E-state index in [1.807, 2.05) is 0 Å². The monoisotopic (exact) mass is 113 g/mol. The lowest BCUT2D eigenvalue weighted by Gasteiger charge is -1.91. The fourth-order valence-electron chi connectivity index (χ4n) is 0.303. The molecular formula is C6H9O2. The van der Waals surface area contributed by atoms with Gasteiger partial charge in [-0.1, -0.05) is 12.7 Å². The topological polar surface area (TPSA) is 26.3 Å². The van der Waals surface area contributed by atoms with Crippen molar-refractivity contribution in [1.82, 2.24) is 0 Å². The van der Waals surface area contributed by atoms with Gasteiger partial charge in [0.25, 0.3) is 0 Å². The van der Waals surface area contributed by atoms with Crippen molar-refractivity contribution >= 4 is 5.97 Å². The van der Waals surface area contributed by atoms with Crippen LogP contribution in [-0.4, -0.2) is 13.1 Å². The highest BCUT2D eigenvalue weighted by atomic mass is 16.5. The second-order valence-electron chi connectivity index (χ2n) is 1.35. The first-order valence-electron chi connectivity index (χ1n) is 2.41. The number of rotatable bonds is 3. The highest BCUT2D eigenvalue weighted by molar-refractivity contribution is 5.69. The van der Waals surface area contributed by atoms with Crippen LogP contribution in [0.2, 0.25) is 0 Å². The summed E-state index contributed by atoms with van der Waals surface area (Å²) in [4.78, 5) is 10.3. The van der Waals surface area contributed by atoms with Crippen molar-refractivity contribution in [2.45, 2.75) is 12.8 Å². The van der Waals surface area contributed by atoms with Crippen LogP contribution in [0.4, 0.5) is 0 Å². The van der Waals surface area contributed by atoms with Crippen molar-refractivity contribution in [3.8, 4) is 0 Å². The fourth-order valence-corrected chi connectivity index (χ4v) is 0.303. The molecule has 0 saturated carbocycles. The summed E-state index contributed by atoms with van der Waals surface area (Å²) in [7, 11) is 1.36. The van der Waals surface area contributed by atoms with Crippen LogP contribution in [0.25, 0.3) is 0 Å². The van der Waals surface area contributed by atoms with Crippen molar-refractivity contribution in [2.24, 2.45) is 0 Å². The molecule has 0 aromatic carbocycles. The predicted octanol–water partition coefficient (Wildman–Crippen LogP) is 0.929. The summed E-state index contributed by atoms with van der Waals surface area (Å²) in [6, 6.07) is 0. The number of hydrogen-bond donors (Lipinski definition) is 0. The Balaban J connectivity index is 3.11. The zero-order valence-electron chi connectivity index (χ0n) is 4.89. The first-order valence-corrected chi connectivity index (χ1v) is 2.41. The fraction of sp³-hybridized carbons (Fsp3) is 0.500. The maximum Gasteiger partial charge on any atom is 0.305 e. The van der Waals surface area contributed by atoms with E-state index < -0.39 is 0 Å². The Hall–Kier alpha value is -0.790. The smallest absolute Gasteiger partial charge is 0.305 e. The van der Waals surface area contributed by atoms with Crippen LogP contribution in [0.1, 0.15) is 12.8 Å². The number of ether oxygens (including phenoxy) is 1. The molecule has 0 rings (SSSR count). The normalized spacial score (nSPS) is 8.12. The van der Waals surface area contributed by atoms with E-state index in [2.05, 4.69) is 4.74 Å². The second kappa shape index (κ2) is 4.37. The molecule has 0 amide bonds. The molecule has 0 unspecified atom stereocenters. The molecule has 0 spiro atoms. The third kappa shape index (κ3) is 3.40. The molecule has 0 aliphatic rings. The minimum atomic E-state index is -0.216. The molecule has 0 bridgehead atoms. The van der Waals surface area contributed by atoms with E-state index >= 15 is 0 Å². The summed E-state index contributed by atoms with van der Waals surface area (Å²) in [6.07, 6.45) is 2.41. The Morgan fingerprint density at radius 1 is 1.88 bits per heavy atom. The molecule has 1 radical (unpaired) electrons. The van der Waals surface area contributed by atoms with Gasteiger partial charge in [0.15, 0.2) is 0 Å². The lowest BCUT2D eigenvalue weighted by molar-refractivity contribution is -0.140. The highest BCUT2D eigenvalue weighted by Gasteiger charge is 1.93. The zero-order chi connectivity index (χ0) is 6.41. The molecule has 0 aliphatic carbocycles. The average molecular weight is 113 g/mol. The SMILES string of the molecule is [CH]=CCCC(=O)OC. The molecule has 8 heavy (non-hydrogen) atoms. The molecule has 0 aromatic rings. The van der Waals surface area contributed by atoms with Gasteiger partial charge in [-0.25, -0.2) is 0 Å². The average Bonchev–Trinajstić information content (AvgIpc) is 1.83. The Labute approximate surface area is 49.1 Å². The standard InChI is InChI=1S/C6H9O2/c1-3-4-5-6(7)8-2/h1,3H,4-5H2,2H3. The van der Waals surface area contributed by atoms with Crippen LogP contribution in [0.15, 0.2) is 6.08 Å². The van der Waals surface area contributed by atoms with E-state index in [9.17, 15) is 4.79 Å². The molecule has 2 heteroatoms. The van der Waals surface area contributed by atoms with E-state index in [4.69, 9.17) is 6.58 Å². The Kier molecular flexibility index (Phi) is 3.94. The first kappa shape index (κ1) is 7.21. The minimum absolute atomic E-state index is 0.216. The summed E-state index contributed by atoms with van der Waals surface area (Å²) in [6.45, 7) is 5.00. The maximum absolute atomic E-state index is 10.3. The maximum atomic E-state index is 10.3. The van der Waals surface area contributed by atoms with E-state index in [1.165, 1.54) is 13.2 Å². The van der Waals surface area contributed by atoms with Gasteiger partial charge in [-0.2, -0.15) is 0 Å². The van der Waals surface area contributed by atoms with Crippen LogP contribution in [0, 0.1) is 6.58 Å². The Morgan fingerprint density at radius 3 is 2.88 bits per heavy atom. The number of hydrogen-bond acceptors (Lipinski definition) is 2. The summed E-state index contributed by atoms with van der Waals surface area (Å²) >= 11 is 0. The van der Waals surface area contributed by atoms with Crippen LogP contribution in [-0.2, 0) is 9.53 Å². The summed E-state index contributed by atoms with van der Waals surface area (Å²) in [5, 5.41) is 0. The summed E-state index contributed by atoms with van der Waals surface area (Å²) < 4.78 is 4.34. The Bertz CT molecular complexity index is 86.5. The van der Waals surface area contributed by atoms with Crippen molar-refractivity contribution in [3.63, 3.8) is 0 Å². The third-order valence-electron chi connectivity index (χ3n) is 0.743. The van der Waals surface area contributed by atoms with Crippen LogP contribution < -0.4 is 0 Å². The molecule has 0 heterocycles. The second-order valence-corrected chi connectivity index (χ2v) is 1.35. The van der Waals surface area contributed by atoms with Gasteiger partial charge in [0.05, 0.1) is 7.11 Å². The Morgan fingerprint density at radius 2 is 2.50 bits per heavy atom. The van der Waals surface area contributed by atoms with Crippen molar-refractivity contribution in [2.75, 3.05) is 7.11 Å². The van der Waals surface area contributed by atoms with Crippen LogP contribution in [0.5, 0.6) is 0 Å². The van der Waals surface area contributed by atoms with Gasteiger partial charge in [-0.3, -0.25) is 4.79 Å². The van der Waals surface area contributed by atoms with Gasteiger partial charge in [-0.05, 0) is 6.42 Å².